The third-order valence-electron chi connectivity index (χ3n) is 2.30. The maximum atomic E-state index is 12.7. The summed E-state index contributed by atoms with van der Waals surface area (Å²) in [5.41, 5.74) is 0. The third-order valence-corrected chi connectivity index (χ3v) is 2.30. The first kappa shape index (κ1) is 14.6. The van der Waals surface area contributed by atoms with Gasteiger partial charge in [0.1, 0.15) is 11.9 Å². The summed E-state index contributed by atoms with van der Waals surface area (Å²) in [5, 5.41) is 1.93. The van der Waals surface area contributed by atoms with E-state index in [1.54, 1.807) is 13.8 Å². The summed E-state index contributed by atoms with van der Waals surface area (Å²) in [6.07, 6.45) is -4.17. The minimum absolute atomic E-state index is 0.136. The molecule has 0 saturated carbocycles. The Bertz CT molecular complexity index is 353. The standard InChI is InChI=1S/C10H16F3N3O2/c1-6(2)7-5-8(14-9(17)15(3)4)16(18-7)10(11,12)13/h5-7H,1-4H3,(H,14,17). The lowest BCUT2D eigenvalue weighted by Gasteiger charge is -2.25. The van der Waals surface area contributed by atoms with Crippen molar-refractivity contribution in [2.45, 2.75) is 26.3 Å². The lowest BCUT2D eigenvalue weighted by Crippen LogP contribution is -2.44. The van der Waals surface area contributed by atoms with Gasteiger partial charge in [-0.1, -0.05) is 13.8 Å². The van der Waals surface area contributed by atoms with Crippen molar-refractivity contribution < 1.29 is 22.8 Å². The fraction of sp³-hybridized carbons (Fsp3) is 0.700. The number of nitrogens with one attached hydrogen (secondary N) is 1. The van der Waals surface area contributed by atoms with Crippen molar-refractivity contribution in [3.63, 3.8) is 0 Å². The molecule has 0 spiro atoms. The van der Waals surface area contributed by atoms with Crippen molar-refractivity contribution >= 4 is 6.03 Å². The van der Waals surface area contributed by atoms with Gasteiger partial charge >= 0.3 is 12.3 Å². The quantitative estimate of drug-likeness (QED) is 0.777. The highest BCUT2D eigenvalue weighted by Crippen LogP contribution is 2.32. The van der Waals surface area contributed by atoms with Crippen LogP contribution >= 0.6 is 0 Å². The predicted octanol–water partition coefficient (Wildman–Crippen LogP) is 1.89. The van der Waals surface area contributed by atoms with Crippen LogP contribution in [0.2, 0.25) is 0 Å². The Morgan fingerprint density at radius 1 is 1.50 bits per heavy atom. The monoisotopic (exact) mass is 267 g/mol. The van der Waals surface area contributed by atoms with Crippen LogP contribution in [-0.2, 0) is 4.84 Å². The second-order valence-electron chi connectivity index (χ2n) is 4.45. The van der Waals surface area contributed by atoms with E-state index in [1.165, 1.54) is 20.2 Å². The van der Waals surface area contributed by atoms with Crippen LogP contribution in [-0.4, -0.2) is 42.5 Å². The first-order chi connectivity index (χ1) is 8.12. The van der Waals surface area contributed by atoms with Crippen LogP contribution in [0.5, 0.6) is 0 Å². The molecule has 104 valence electrons. The molecule has 1 atom stereocenters. The summed E-state index contributed by atoms with van der Waals surface area (Å²) in [4.78, 5) is 17.3. The first-order valence-corrected chi connectivity index (χ1v) is 5.36. The van der Waals surface area contributed by atoms with Crippen LogP contribution in [0.15, 0.2) is 11.9 Å². The summed E-state index contributed by atoms with van der Waals surface area (Å²) in [6.45, 7) is 3.46. The Balaban J connectivity index is 2.88. The summed E-state index contributed by atoms with van der Waals surface area (Å²) < 4.78 is 38.1. The smallest absolute Gasteiger partial charge is 0.331 e. The van der Waals surface area contributed by atoms with Crippen molar-refractivity contribution in [1.82, 2.24) is 15.3 Å². The highest BCUT2D eigenvalue weighted by molar-refractivity contribution is 5.75. The van der Waals surface area contributed by atoms with Gasteiger partial charge < -0.3 is 4.90 Å². The fourth-order valence-corrected chi connectivity index (χ4v) is 1.26. The number of hydrogen-bond acceptors (Lipinski definition) is 3. The Hall–Kier alpha value is -1.44. The molecule has 5 nitrogen and oxygen atoms in total. The molecule has 18 heavy (non-hydrogen) atoms. The van der Waals surface area contributed by atoms with Crippen molar-refractivity contribution in [3.05, 3.63) is 11.9 Å². The van der Waals surface area contributed by atoms with E-state index in [1.807, 2.05) is 0 Å². The topological polar surface area (TPSA) is 44.8 Å². The zero-order valence-electron chi connectivity index (χ0n) is 10.6. The number of hydroxylamine groups is 2. The van der Waals surface area contributed by atoms with E-state index in [0.29, 0.717) is 0 Å². The average Bonchev–Trinajstić information content (AvgIpc) is 2.60. The normalized spacial score (nSPS) is 20.1. The molecule has 0 aromatic heterocycles. The average molecular weight is 267 g/mol. The zero-order valence-corrected chi connectivity index (χ0v) is 10.6. The van der Waals surface area contributed by atoms with Gasteiger partial charge in [-0.15, -0.1) is 18.2 Å². The first-order valence-electron chi connectivity index (χ1n) is 5.36. The molecule has 1 aliphatic heterocycles. The predicted molar refractivity (Wildman–Crippen MR) is 57.9 cm³/mol. The number of hydrogen-bond donors (Lipinski definition) is 1. The maximum Gasteiger partial charge on any atom is 0.509 e. The molecule has 0 aromatic carbocycles. The van der Waals surface area contributed by atoms with E-state index in [9.17, 15) is 18.0 Å². The largest absolute Gasteiger partial charge is 0.509 e. The number of urea groups is 1. The van der Waals surface area contributed by atoms with Gasteiger partial charge in [-0.3, -0.25) is 10.2 Å². The van der Waals surface area contributed by atoms with Gasteiger partial charge in [-0.2, -0.15) is 0 Å². The van der Waals surface area contributed by atoms with Gasteiger partial charge in [0.05, 0.1) is 0 Å². The Labute approximate surface area is 103 Å². The van der Waals surface area contributed by atoms with Crippen molar-refractivity contribution in [1.29, 1.82) is 0 Å². The van der Waals surface area contributed by atoms with Gasteiger partial charge in [-0.05, 0) is 12.0 Å². The van der Waals surface area contributed by atoms with Crippen molar-refractivity contribution in [2.24, 2.45) is 5.92 Å². The number of carbonyl (C=O) groups is 1. The molecule has 0 radical (unpaired) electrons. The van der Waals surface area contributed by atoms with E-state index in [2.05, 4.69) is 5.32 Å². The number of alkyl halides is 3. The van der Waals surface area contributed by atoms with Gasteiger partial charge in [0.15, 0.2) is 0 Å². The molecule has 2 amide bonds. The number of halogens is 3. The molecule has 8 heteroatoms. The Morgan fingerprint density at radius 3 is 2.44 bits per heavy atom. The highest BCUT2D eigenvalue weighted by Gasteiger charge is 2.46. The minimum atomic E-state index is -4.70. The van der Waals surface area contributed by atoms with E-state index in [4.69, 9.17) is 4.84 Å². The summed E-state index contributed by atoms with van der Waals surface area (Å²) in [7, 11) is 2.87. The fourth-order valence-electron chi connectivity index (χ4n) is 1.26. The summed E-state index contributed by atoms with van der Waals surface area (Å²) in [5.74, 6) is -0.538. The molecule has 0 aliphatic carbocycles. The number of rotatable bonds is 2. The maximum absolute atomic E-state index is 12.7. The number of amides is 2. The molecule has 0 fully saturated rings. The van der Waals surface area contributed by atoms with Crippen molar-refractivity contribution in [2.75, 3.05) is 14.1 Å². The molecule has 1 aliphatic rings. The minimum Gasteiger partial charge on any atom is -0.331 e. The van der Waals surface area contributed by atoms with Crippen LogP contribution < -0.4 is 5.32 Å². The SMILES string of the molecule is CC(C)C1C=C(NC(=O)N(C)C)N(C(F)(F)F)O1. The Morgan fingerprint density at radius 2 is 2.06 bits per heavy atom. The molecule has 1 unspecified atom stereocenters. The van der Waals surface area contributed by atoms with Gasteiger partial charge in [0, 0.05) is 14.1 Å². The molecule has 1 N–H and O–H groups in total. The van der Waals surface area contributed by atoms with E-state index in [-0.39, 0.29) is 11.0 Å². The lowest BCUT2D eigenvalue weighted by atomic mass is 10.1. The van der Waals surface area contributed by atoms with Crippen LogP contribution in [0.4, 0.5) is 18.0 Å². The molecular weight excluding hydrogens is 251 g/mol. The third kappa shape index (κ3) is 3.28. The number of carbonyl (C=O) groups excluding carboxylic acids is 1. The van der Waals surface area contributed by atoms with Crippen molar-refractivity contribution in [3.8, 4) is 0 Å². The van der Waals surface area contributed by atoms with Gasteiger partial charge in [0.25, 0.3) is 0 Å². The second kappa shape index (κ2) is 5.05. The van der Waals surface area contributed by atoms with E-state index >= 15 is 0 Å². The molecule has 0 saturated heterocycles. The molecule has 0 bridgehead atoms. The van der Waals surface area contributed by atoms with Crippen LogP contribution in [0.1, 0.15) is 13.8 Å². The number of nitrogens with zero attached hydrogens (tertiary/aromatic N) is 2. The van der Waals surface area contributed by atoms with E-state index < -0.39 is 24.3 Å². The van der Waals surface area contributed by atoms with E-state index in [0.717, 1.165) is 4.90 Å². The van der Waals surface area contributed by atoms with Gasteiger partial charge in [0.2, 0.25) is 0 Å². The molecule has 0 aromatic rings. The van der Waals surface area contributed by atoms with Gasteiger partial charge in [-0.25, -0.2) is 4.79 Å². The Kier molecular flexibility index (Phi) is 4.10. The van der Waals surface area contributed by atoms with Crippen LogP contribution in [0.25, 0.3) is 0 Å². The summed E-state index contributed by atoms with van der Waals surface area (Å²) in [6, 6.07) is -0.650. The van der Waals surface area contributed by atoms with Crippen LogP contribution in [0, 0.1) is 5.92 Å². The molecule has 1 rings (SSSR count). The molecular formula is C10H16F3N3O2. The summed E-state index contributed by atoms with van der Waals surface area (Å²) >= 11 is 0. The second-order valence-corrected chi connectivity index (χ2v) is 4.45. The zero-order chi connectivity index (χ0) is 14.1. The lowest BCUT2D eigenvalue weighted by molar-refractivity contribution is -0.358. The van der Waals surface area contributed by atoms with Crippen LogP contribution in [0.3, 0.4) is 0 Å². The highest BCUT2D eigenvalue weighted by atomic mass is 19.4. The molecule has 1 heterocycles.